The number of hydrogen-bond acceptors (Lipinski definition) is 3. The molecule has 5 heteroatoms. The molecule has 74 valence electrons. The van der Waals surface area contributed by atoms with Gasteiger partial charge in [-0.05, 0) is 25.5 Å². The number of nitro groups is 1. The molecule has 0 radical (unpaired) electrons. The lowest BCUT2D eigenvalue weighted by Gasteiger charge is -2.02. The fourth-order valence-electron chi connectivity index (χ4n) is 1.18. The van der Waals surface area contributed by atoms with E-state index in [0.717, 1.165) is 0 Å². The van der Waals surface area contributed by atoms with Gasteiger partial charge >= 0.3 is 0 Å². The summed E-state index contributed by atoms with van der Waals surface area (Å²) in [7, 11) is 0. The maximum absolute atomic E-state index is 11.1. The summed E-state index contributed by atoms with van der Waals surface area (Å²) in [5.41, 5.74) is 0.747. The van der Waals surface area contributed by atoms with E-state index in [1.807, 2.05) is 0 Å². The Bertz CT molecular complexity index is 380. The molecule has 0 aliphatic heterocycles. The number of carbonyl (C=O) groups excluding carboxylic acids is 1. The van der Waals surface area contributed by atoms with Crippen LogP contribution in [0.4, 0.5) is 5.69 Å². The standard InChI is InChI=1S/C9H8ClNO3/c1-5-3-8(10)9(11(13)14)4-7(5)6(2)12/h3-4H,1-2H3. The van der Waals surface area contributed by atoms with Gasteiger partial charge < -0.3 is 0 Å². The van der Waals surface area contributed by atoms with Crippen LogP contribution in [0.2, 0.25) is 5.02 Å². The third-order valence-electron chi connectivity index (χ3n) is 1.87. The normalized spacial score (nSPS) is 9.93. The van der Waals surface area contributed by atoms with E-state index in [1.165, 1.54) is 19.1 Å². The molecule has 0 N–H and O–H groups in total. The van der Waals surface area contributed by atoms with E-state index in [2.05, 4.69) is 0 Å². The molecular weight excluding hydrogens is 206 g/mol. The van der Waals surface area contributed by atoms with E-state index < -0.39 is 4.92 Å². The summed E-state index contributed by atoms with van der Waals surface area (Å²) in [6, 6.07) is 2.64. The molecule has 14 heavy (non-hydrogen) atoms. The highest BCUT2D eigenvalue weighted by Gasteiger charge is 2.16. The minimum absolute atomic E-state index is 0.0532. The molecule has 0 aromatic heterocycles. The first-order chi connectivity index (χ1) is 6.43. The Morgan fingerprint density at radius 2 is 2.07 bits per heavy atom. The first-order valence-electron chi connectivity index (χ1n) is 3.89. The molecule has 0 saturated heterocycles. The molecule has 1 aromatic rings. The molecule has 0 unspecified atom stereocenters. The van der Waals surface area contributed by atoms with Crippen LogP contribution in [0.3, 0.4) is 0 Å². The van der Waals surface area contributed by atoms with E-state index in [-0.39, 0.29) is 16.5 Å². The third-order valence-corrected chi connectivity index (χ3v) is 2.17. The summed E-state index contributed by atoms with van der Waals surface area (Å²) >= 11 is 5.65. The van der Waals surface area contributed by atoms with Crippen molar-refractivity contribution >= 4 is 23.1 Å². The fraction of sp³-hybridized carbons (Fsp3) is 0.222. The van der Waals surface area contributed by atoms with Crippen LogP contribution >= 0.6 is 11.6 Å². The van der Waals surface area contributed by atoms with E-state index in [4.69, 9.17) is 11.6 Å². The van der Waals surface area contributed by atoms with Crippen molar-refractivity contribution in [2.75, 3.05) is 0 Å². The average molecular weight is 214 g/mol. The molecule has 0 heterocycles. The number of benzene rings is 1. The SMILES string of the molecule is CC(=O)c1cc([N+](=O)[O-])c(Cl)cc1C. The van der Waals surface area contributed by atoms with Gasteiger partial charge in [0.1, 0.15) is 5.02 Å². The molecule has 0 aliphatic rings. The Hall–Kier alpha value is -1.42. The number of carbonyl (C=O) groups is 1. The summed E-state index contributed by atoms with van der Waals surface area (Å²) < 4.78 is 0. The number of aryl methyl sites for hydroxylation is 1. The zero-order chi connectivity index (χ0) is 10.9. The smallest absolute Gasteiger partial charge is 0.288 e. The molecule has 4 nitrogen and oxygen atoms in total. The highest BCUT2D eigenvalue weighted by atomic mass is 35.5. The highest BCUT2D eigenvalue weighted by Crippen LogP contribution is 2.27. The van der Waals surface area contributed by atoms with Crippen molar-refractivity contribution < 1.29 is 9.72 Å². The van der Waals surface area contributed by atoms with Crippen molar-refractivity contribution in [1.82, 2.24) is 0 Å². The quantitative estimate of drug-likeness (QED) is 0.431. The Labute approximate surface area is 85.6 Å². The highest BCUT2D eigenvalue weighted by molar-refractivity contribution is 6.32. The number of halogens is 1. The van der Waals surface area contributed by atoms with Gasteiger partial charge in [-0.1, -0.05) is 11.6 Å². The van der Waals surface area contributed by atoms with Gasteiger partial charge in [-0.25, -0.2) is 0 Å². The molecule has 1 aromatic carbocycles. The lowest BCUT2D eigenvalue weighted by molar-refractivity contribution is -0.384. The fourth-order valence-corrected chi connectivity index (χ4v) is 1.47. The Kier molecular flexibility index (Phi) is 2.86. The summed E-state index contributed by atoms with van der Waals surface area (Å²) in [5, 5.41) is 10.6. The molecule has 0 atom stereocenters. The predicted molar refractivity (Wildman–Crippen MR) is 52.8 cm³/mol. The van der Waals surface area contributed by atoms with Crippen molar-refractivity contribution in [3.05, 3.63) is 38.4 Å². The van der Waals surface area contributed by atoms with Crippen molar-refractivity contribution in [2.24, 2.45) is 0 Å². The lowest BCUT2D eigenvalue weighted by atomic mass is 10.0. The van der Waals surface area contributed by atoms with Crippen LogP contribution in [-0.4, -0.2) is 10.7 Å². The second kappa shape index (κ2) is 3.75. The number of ketones is 1. The van der Waals surface area contributed by atoms with Crippen LogP contribution in [0.15, 0.2) is 12.1 Å². The van der Waals surface area contributed by atoms with E-state index in [1.54, 1.807) is 6.92 Å². The monoisotopic (exact) mass is 213 g/mol. The molecule has 0 spiro atoms. The third kappa shape index (κ3) is 1.90. The second-order valence-corrected chi connectivity index (χ2v) is 3.34. The second-order valence-electron chi connectivity index (χ2n) is 2.93. The van der Waals surface area contributed by atoms with Gasteiger partial charge in [-0.15, -0.1) is 0 Å². The first kappa shape index (κ1) is 10.7. The van der Waals surface area contributed by atoms with E-state index in [0.29, 0.717) is 11.1 Å². The van der Waals surface area contributed by atoms with Crippen molar-refractivity contribution in [3.63, 3.8) is 0 Å². The topological polar surface area (TPSA) is 60.2 Å². The van der Waals surface area contributed by atoms with Crippen LogP contribution in [0.5, 0.6) is 0 Å². The number of Topliss-reactive ketones (excluding diaryl/α,β-unsaturated/α-hetero) is 1. The van der Waals surface area contributed by atoms with Crippen LogP contribution in [-0.2, 0) is 0 Å². The Balaban J connectivity index is 3.42. The van der Waals surface area contributed by atoms with Gasteiger partial charge in [0.15, 0.2) is 5.78 Å². The van der Waals surface area contributed by atoms with Gasteiger partial charge in [0, 0.05) is 11.6 Å². The van der Waals surface area contributed by atoms with Crippen molar-refractivity contribution in [2.45, 2.75) is 13.8 Å². The number of nitrogens with zero attached hydrogens (tertiary/aromatic N) is 1. The van der Waals surface area contributed by atoms with Gasteiger partial charge in [0.25, 0.3) is 5.69 Å². The molecule has 0 amide bonds. The Morgan fingerprint density at radius 1 is 1.50 bits per heavy atom. The molecular formula is C9H8ClNO3. The van der Waals surface area contributed by atoms with Gasteiger partial charge in [0.05, 0.1) is 4.92 Å². The molecule has 1 rings (SSSR count). The van der Waals surface area contributed by atoms with Crippen LogP contribution in [0, 0.1) is 17.0 Å². The van der Waals surface area contributed by atoms with Crippen molar-refractivity contribution in [3.8, 4) is 0 Å². The molecule has 0 bridgehead atoms. The Morgan fingerprint density at radius 3 is 2.50 bits per heavy atom. The number of rotatable bonds is 2. The number of hydrogen-bond donors (Lipinski definition) is 0. The van der Waals surface area contributed by atoms with Gasteiger partial charge in [-0.3, -0.25) is 14.9 Å². The zero-order valence-corrected chi connectivity index (χ0v) is 8.46. The van der Waals surface area contributed by atoms with Crippen LogP contribution in [0.25, 0.3) is 0 Å². The number of nitro benzene ring substituents is 1. The lowest BCUT2D eigenvalue weighted by Crippen LogP contribution is -1.99. The predicted octanol–water partition coefficient (Wildman–Crippen LogP) is 2.76. The van der Waals surface area contributed by atoms with E-state index >= 15 is 0 Å². The zero-order valence-electron chi connectivity index (χ0n) is 7.70. The van der Waals surface area contributed by atoms with Gasteiger partial charge in [0.2, 0.25) is 0 Å². The van der Waals surface area contributed by atoms with Crippen molar-refractivity contribution in [1.29, 1.82) is 0 Å². The first-order valence-corrected chi connectivity index (χ1v) is 4.26. The summed E-state index contributed by atoms with van der Waals surface area (Å²) in [6.07, 6.45) is 0. The largest absolute Gasteiger partial charge is 0.294 e. The minimum atomic E-state index is -0.603. The van der Waals surface area contributed by atoms with Crippen LogP contribution < -0.4 is 0 Å². The summed E-state index contributed by atoms with van der Waals surface area (Å²) in [4.78, 5) is 21.0. The summed E-state index contributed by atoms with van der Waals surface area (Å²) in [6.45, 7) is 3.05. The maximum Gasteiger partial charge on any atom is 0.288 e. The minimum Gasteiger partial charge on any atom is -0.294 e. The average Bonchev–Trinajstić information content (AvgIpc) is 2.02. The van der Waals surface area contributed by atoms with Crippen LogP contribution in [0.1, 0.15) is 22.8 Å². The molecule has 0 fully saturated rings. The maximum atomic E-state index is 11.1. The van der Waals surface area contributed by atoms with E-state index in [9.17, 15) is 14.9 Å². The molecule has 0 aliphatic carbocycles. The summed E-state index contributed by atoms with van der Waals surface area (Å²) in [5.74, 6) is -0.206. The molecule has 0 saturated carbocycles. The van der Waals surface area contributed by atoms with Gasteiger partial charge in [-0.2, -0.15) is 0 Å².